The van der Waals surface area contributed by atoms with Crippen molar-refractivity contribution >= 4 is 15.8 Å². The van der Waals surface area contributed by atoms with Gasteiger partial charge in [-0.05, 0) is 26.7 Å². The van der Waals surface area contributed by atoms with E-state index in [1.165, 1.54) is 0 Å². The topological polar surface area (TPSA) is 74.7 Å². The second kappa shape index (κ2) is 5.82. The molecule has 1 saturated carbocycles. The molecule has 0 aromatic rings. The van der Waals surface area contributed by atoms with Gasteiger partial charge < -0.3 is 5.11 Å². The maximum absolute atomic E-state index is 11.7. The fourth-order valence-electron chi connectivity index (χ4n) is 1.64. The third kappa shape index (κ3) is 5.04. The third-order valence-electron chi connectivity index (χ3n) is 3.06. The Morgan fingerprint density at radius 1 is 1.35 bits per heavy atom. The van der Waals surface area contributed by atoms with Crippen LogP contribution >= 0.6 is 0 Å². The van der Waals surface area contributed by atoms with Crippen LogP contribution in [0, 0.1) is 0 Å². The molecule has 0 aromatic heterocycles. The van der Waals surface area contributed by atoms with Crippen molar-refractivity contribution in [2.24, 2.45) is 0 Å². The van der Waals surface area contributed by atoms with Crippen molar-refractivity contribution in [1.82, 2.24) is 4.90 Å². The quantitative estimate of drug-likeness (QED) is 0.699. The summed E-state index contributed by atoms with van der Waals surface area (Å²) in [7, 11) is -3.03. The lowest BCUT2D eigenvalue weighted by molar-refractivity contribution is -0.137. The molecule has 1 aliphatic carbocycles. The summed E-state index contributed by atoms with van der Waals surface area (Å²) in [6, 6.07) is 0.400. The van der Waals surface area contributed by atoms with Crippen LogP contribution < -0.4 is 0 Å². The average molecular weight is 263 g/mol. The number of hydrogen-bond acceptors (Lipinski definition) is 4. The van der Waals surface area contributed by atoms with Crippen molar-refractivity contribution in [3.63, 3.8) is 0 Å². The molecule has 1 rings (SSSR count). The highest BCUT2D eigenvalue weighted by molar-refractivity contribution is 7.92. The minimum Gasteiger partial charge on any atom is -0.481 e. The molecule has 100 valence electrons. The Hall–Kier alpha value is -0.620. The summed E-state index contributed by atoms with van der Waals surface area (Å²) in [6.07, 6.45) is 2.20. The molecule has 6 heteroatoms. The van der Waals surface area contributed by atoms with Crippen LogP contribution in [0.1, 0.15) is 33.1 Å². The Balaban J connectivity index is 2.42. The molecule has 0 amide bonds. The zero-order valence-electron chi connectivity index (χ0n) is 10.4. The predicted molar refractivity (Wildman–Crippen MR) is 65.8 cm³/mol. The van der Waals surface area contributed by atoms with E-state index in [0.717, 1.165) is 12.8 Å². The minimum atomic E-state index is -3.03. The van der Waals surface area contributed by atoms with E-state index in [9.17, 15) is 13.2 Å². The second-order valence-corrected chi connectivity index (χ2v) is 7.50. The van der Waals surface area contributed by atoms with Gasteiger partial charge in [-0.1, -0.05) is 0 Å². The Morgan fingerprint density at radius 3 is 2.35 bits per heavy atom. The van der Waals surface area contributed by atoms with Crippen LogP contribution in [0.4, 0.5) is 0 Å². The van der Waals surface area contributed by atoms with Gasteiger partial charge in [-0.2, -0.15) is 0 Å². The molecule has 17 heavy (non-hydrogen) atoms. The maximum atomic E-state index is 11.7. The van der Waals surface area contributed by atoms with E-state index < -0.39 is 15.8 Å². The molecule has 0 aliphatic heterocycles. The van der Waals surface area contributed by atoms with Crippen LogP contribution in [-0.2, 0) is 14.6 Å². The van der Waals surface area contributed by atoms with Crippen molar-refractivity contribution in [1.29, 1.82) is 0 Å². The second-order valence-electron chi connectivity index (χ2n) is 4.83. The van der Waals surface area contributed by atoms with Gasteiger partial charge in [-0.3, -0.25) is 9.69 Å². The van der Waals surface area contributed by atoms with Gasteiger partial charge in [-0.25, -0.2) is 8.42 Å². The Morgan fingerprint density at radius 2 is 1.94 bits per heavy atom. The number of nitrogens with zero attached hydrogens (tertiary/aromatic N) is 1. The molecule has 1 N–H and O–H groups in total. The monoisotopic (exact) mass is 263 g/mol. The molecule has 0 atom stereocenters. The fourth-order valence-corrected chi connectivity index (χ4v) is 2.60. The molecule has 0 bridgehead atoms. The number of sulfone groups is 1. The van der Waals surface area contributed by atoms with Crippen LogP contribution in [-0.4, -0.2) is 54.5 Å². The molecule has 5 nitrogen and oxygen atoms in total. The first-order chi connectivity index (χ1) is 7.83. The van der Waals surface area contributed by atoms with Crippen LogP contribution in [0.2, 0.25) is 0 Å². The molecule has 1 aliphatic rings. The van der Waals surface area contributed by atoms with Crippen LogP contribution in [0.5, 0.6) is 0 Å². The third-order valence-corrected chi connectivity index (χ3v) is 5.25. The highest BCUT2D eigenvalue weighted by Gasteiger charge is 2.30. The van der Waals surface area contributed by atoms with Gasteiger partial charge in [0.05, 0.1) is 17.4 Å². The summed E-state index contributed by atoms with van der Waals surface area (Å²) in [5.41, 5.74) is 0. The zero-order valence-corrected chi connectivity index (χ0v) is 11.2. The predicted octanol–water partition coefficient (Wildman–Crippen LogP) is 0.749. The number of carboxylic acid groups (broad SMARTS) is 1. The van der Waals surface area contributed by atoms with Gasteiger partial charge in [0, 0.05) is 19.1 Å². The molecule has 0 unspecified atom stereocenters. The molecule has 0 heterocycles. The van der Waals surface area contributed by atoms with E-state index in [-0.39, 0.29) is 17.4 Å². The molecule has 0 aromatic carbocycles. The zero-order chi connectivity index (χ0) is 13.1. The maximum Gasteiger partial charge on any atom is 0.304 e. The number of hydrogen-bond donors (Lipinski definition) is 1. The van der Waals surface area contributed by atoms with Gasteiger partial charge >= 0.3 is 5.97 Å². The van der Waals surface area contributed by atoms with E-state index in [4.69, 9.17) is 5.11 Å². The SMILES string of the molecule is CC(C)S(=O)(=O)CCN(CCC(=O)O)C1CC1. The Kier molecular flexibility index (Phi) is 4.94. The molecule has 0 saturated heterocycles. The van der Waals surface area contributed by atoms with Crippen LogP contribution in [0.25, 0.3) is 0 Å². The molecular formula is C11H21NO4S. The van der Waals surface area contributed by atoms with E-state index in [2.05, 4.69) is 0 Å². The highest BCUT2D eigenvalue weighted by Crippen LogP contribution is 2.26. The molecule has 0 spiro atoms. The Labute approximate surface area is 103 Å². The smallest absolute Gasteiger partial charge is 0.304 e. The van der Waals surface area contributed by atoms with E-state index in [1.54, 1.807) is 13.8 Å². The van der Waals surface area contributed by atoms with Gasteiger partial charge in [0.15, 0.2) is 9.84 Å². The van der Waals surface area contributed by atoms with Gasteiger partial charge in [-0.15, -0.1) is 0 Å². The van der Waals surface area contributed by atoms with Crippen molar-refractivity contribution in [3.8, 4) is 0 Å². The van der Waals surface area contributed by atoms with Gasteiger partial charge in [0.2, 0.25) is 0 Å². The highest BCUT2D eigenvalue weighted by atomic mass is 32.2. The number of carboxylic acids is 1. The van der Waals surface area contributed by atoms with Crippen LogP contribution in [0.15, 0.2) is 0 Å². The number of carbonyl (C=O) groups is 1. The Bertz CT molecular complexity index is 360. The summed E-state index contributed by atoms with van der Waals surface area (Å²) < 4.78 is 23.3. The van der Waals surface area contributed by atoms with E-state index >= 15 is 0 Å². The van der Waals surface area contributed by atoms with Gasteiger partial charge in [0.1, 0.15) is 0 Å². The summed E-state index contributed by atoms with van der Waals surface area (Å²) in [5.74, 6) is -0.705. The number of rotatable bonds is 8. The lowest BCUT2D eigenvalue weighted by Crippen LogP contribution is -2.34. The van der Waals surface area contributed by atoms with Crippen molar-refractivity contribution < 1.29 is 18.3 Å². The summed E-state index contributed by atoms with van der Waals surface area (Å²) >= 11 is 0. The van der Waals surface area contributed by atoms with Crippen molar-refractivity contribution in [2.75, 3.05) is 18.8 Å². The first-order valence-corrected chi connectivity index (χ1v) is 7.72. The van der Waals surface area contributed by atoms with Gasteiger partial charge in [0.25, 0.3) is 0 Å². The molecule has 1 fully saturated rings. The average Bonchev–Trinajstić information content (AvgIpc) is 3.00. The standard InChI is InChI=1S/C11H21NO4S/c1-9(2)17(15,16)8-7-12(10-3-4-10)6-5-11(13)14/h9-10H,3-8H2,1-2H3,(H,13,14). The summed E-state index contributed by atoms with van der Waals surface area (Å²) in [5, 5.41) is 8.28. The minimum absolute atomic E-state index is 0.0816. The lowest BCUT2D eigenvalue weighted by Gasteiger charge is -2.21. The number of aliphatic carboxylic acids is 1. The lowest BCUT2D eigenvalue weighted by atomic mass is 10.3. The van der Waals surface area contributed by atoms with Crippen molar-refractivity contribution in [3.05, 3.63) is 0 Å². The molecular weight excluding hydrogens is 242 g/mol. The first-order valence-electron chi connectivity index (χ1n) is 6.00. The summed E-state index contributed by atoms with van der Waals surface area (Å²) in [4.78, 5) is 12.5. The largest absolute Gasteiger partial charge is 0.481 e. The van der Waals surface area contributed by atoms with E-state index in [0.29, 0.717) is 19.1 Å². The van der Waals surface area contributed by atoms with E-state index in [1.807, 2.05) is 4.90 Å². The normalized spacial score (nSPS) is 16.7. The molecule has 0 radical (unpaired) electrons. The summed E-state index contributed by atoms with van der Waals surface area (Å²) in [6.45, 7) is 4.26. The van der Waals surface area contributed by atoms with Crippen molar-refractivity contribution in [2.45, 2.75) is 44.4 Å². The first kappa shape index (κ1) is 14.4. The fraction of sp³-hybridized carbons (Fsp3) is 0.909. The van der Waals surface area contributed by atoms with Crippen LogP contribution in [0.3, 0.4) is 0 Å².